The predicted octanol–water partition coefficient (Wildman–Crippen LogP) is 2.51. The van der Waals surface area contributed by atoms with Crippen LogP contribution in [0, 0.1) is 0 Å². The number of hydrogen-bond donors (Lipinski definition) is 0. The van der Waals surface area contributed by atoms with Gasteiger partial charge in [-0.25, -0.2) is 4.79 Å². The van der Waals surface area contributed by atoms with Gasteiger partial charge in [0.1, 0.15) is 22.4 Å². The number of methoxy groups -OCH3 is 2. The SMILES string of the molecule is COC(=O)c1cc2cc(OC)c(Br)c3c2n(c1=O)[C@@H](C)CO3. The molecule has 1 aliphatic heterocycles. The Hall–Kier alpha value is -2.02. The minimum Gasteiger partial charge on any atom is -0.495 e. The Balaban J connectivity index is 2.49. The second-order valence-corrected chi connectivity index (χ2v) is 5.84. The lowest BCUT2D eigenvalue weighted by molar-refractivity contribution is 0.0597. The molecule has 0 spiro atoms. The van der Waals surface area contributed by atoms with Gasteiger partial charge in [0.2, 0.25) is 0 Å². The Bertz CT molecular complexity index is 842. The number of rotatable bonds is 2. The van der Waals surface area contributed by atoms with Crippen LogP contribution >= 0.6 is 15.9 Å². The van der Waals surface area contributed by atoms with Crippen LogP contribution in [0.4, 0.5) is 0 Å². The van der Waals surface area contributed by atoms with Crippen molar-refractivity contribution in [3.05, 3.63) is 32.5 Å². The molecule has 0 bridgehead atoms. The first-order valence-corrected chi connectivity index (χ1v) is 7.45. The first-order valence-electron chi connectivity index (χ1n) is 6.66. The Morgan fingerprint density at radius 1 is 1.41 bits per heavy atom. The van der Waals surface area contributed by atoms with E-state index in [-0.39, 0.29) is 17.2 Å². The number of halogens is 1. The molecule has 0 aliphatic carbocycles. The first-order chi connectivity index (χ1) is 10.5. The van der Waals surface area contributed by atoms with Crippen molar-refractivity contribution in [2.45, 2.75) is 13.0 Å². The number of carbonyl (C=O) groups is 1. The lowest BCUT2D eigenvalue weighted by atomic mass is 10.1. The maximum Gasteiger partial charge on any atom is 0.343 e. The van der Waals surface area contributed by atoms with Crippen molar-refractivity contribution in [1.82, 2.24) is 4.57 Å². The highest BCUT2D eigenvalue weighted by Crippen LogP contribution is 2.43. The molecule has 2 heterocycles. The average Bonchev–Trinajstić information content (AvgIpc) is 2.52. The molecule has 116 valence electrons. The number of benzene rings is 1. The lowest BCUT2D eigenvalue weighted by Crippen LogP contribution is -2.34. The van der Waals surface area contributed by atoms with Crippen LogP contribution in [-0.2, 0) is 4.74 Å². The third kappa shape index (κ3) is 1.99. The zero-order chi connectivity index (χ0) is 16.0. The molecule has 1 aliphatic rings. The van der Waals surface area contributed by atoms with Crippen molar-refractivity contribution in [3.8, 4) is 11.5 Å². The van der Waals surface area contributed by atoms with Gasteiger partial charge in [-0.1, -0.05) is 0 Å². The molecular weight excluding hydrogens is 354 g/mol. The molecule has 0 saturated carbocycles. The van der Waals surface area contributed by atoms with E-state index < -0.39 is 5.97 Å². The Labute approximate surface area is 134 Å². The maximum atomic E-state index is 12.6. The quantitative estimate of drug-likeness (QED) is 0.763. The number of pyridine rings is 1. The van der Waals surface area contributed by atoms with Crippen molar-refractivity contribution in [1.29, 1.82) is 0 Å². The van der Waals surface area contributed by atoms with Gasteiger partial charge in [-0.15, -0.1) is 0 Å². The van der Waals surface area contributed by atoms with Crippen molar-refractivity contribution in [2.24, 2.45) is 0 Å². The van der Waals surface area contributed by atoms with Gasteiger partial charge >= 0.3 is 5.97 Å². The molecule has 6 nitrogen and oxygen atoms in total. The third-order valence-electron chi connectivity index (χ3n) is 3.72. The highest BCUT2D eigenvalue weighted by molar-refractivity contribution is 9.10. The van der Waals surface area contributed by atoms with Crippen LogP contribution in [0.2, 0.25) is 0 Å². The molecular formula is C15H14BrNO5. The summed E-state index contributed by atoms with van der Waals surface area (Å²) in [6.07, 6.45) is 0. The summed E-state index contributed by atoms with van der Waals surface area (Å²) >= 11 is 3.44. The van der Waals surface area contributed by atoms with Gasteiger partial charge in [0.15, 0.2) is 5.75 Å². The smallest absolute Gasteiger partial charge is 0.343 e. The van der Waals surface area contributed by atoms with E-state index in [0.717, 1.165) is 0 Å². The highest BCUT2D eigenvalue weighted by atomic mass is 79.9. The number of ether oxygens (including phenoxy) is 3. The molecule has 0 unspecified atom stereocenters. The van der Waals surface area contributed by atoms with Gasteiger partial charge in [-0.3, -0.25) is 9.36 Å². The number of hydrogen-bond acceptors (Lipinski definition) is 5. The molecule has 22 heavy (non-hydrogen) atoms. The number of carbonyl (C=O) groups excluding carboxylic acids is 1. The van der Waals surface area contributed by atoms with E-state index in [4.69, 9.17) is 14.2 Å². The van der Waals surface area contributed by atoms with Gasteiger partial charge in [-0.05, 0) is 35.0 Å². The molecule has 3 rings (SSSR count). The Morgan fingerprint density at radius 3 is 2.77 bits per heavy atom. The van der Waals surface area contributed by atoms with E-state index in [1.807, 2.05) is 6.92 Å². The van der Waals surface area contributed by atoms with Gasteiger partial charge < -0.3 is 14.2 Å². The first kappa shape index (κ1) is 14.9. The van der Waals surface area contributed by atoms with Crippen LogP contribution in [0.25, 0.3) is 10.9 Å². The molecule has 0 radical (unpaired) electrons. The monoisotopic (exact) mass is 367 g/mol. The number of nitrogens with zero attached hydrogens (tertiary/aromatic N) is 1. The predicted molar refractivity (Wildman–Crippen MR) is 84.0 cm³/mol. The highest BCUT2D eigenvalue weighted by Gasteiger charge is 2.28. The average molecular weight is 368 g/mol. The standard InChI is InChI=1S/C15H14BrNO5/c1-7-6-22-13-11(16)10(20-2)5-8-4-9(15(19)21-3)14(18)17(7)12(8)13/h4-5,7H,6H2,1-3H3/t7-/m0/s1. The summed E-state index contributed by atoms with van der Waals surface area (Å²) in [5, 5.41) is 0.682. The molecule has 1 atom stereocenters. The minimum atomic E-state index is -0.655. The number of aromatic nitrogens is 1. The summed E-state index contributed by atoms with van der Waals surface area (Å²) in [6.45, 7) is 2.20. The topological polar surface area (TPSA) is 66.8 Å². The molecule has 7 heteroatoms. The van der Waals surface area contributed by atoms with Crippen LogP contribution in [0.1, 0.15) is 23.3 Å². The summed E-state index contributed by atoms with van der Waals surface area (Å²) in [5.74, 6) is 0.455. The van der Waals surface area contributed by atoms with Crippen LogP contribution in [0.15, 0.2) is 21.4 Å². The maximum absolute atomic E-state index is 12.6. The molecule has 0 saturated heterocycles. The molecule has 0 amide bonds. The fourth-order valence-corrected chi connectivity index (χ4v) is 3.24. The van der Waals surface area contributed by atoms with Crippen LogP contribution in [0.5, 0.6) is 11.5 Å². The summed E-state index contributed by atoms with van der Waals surface area (Å²) in [7, 11) is 2.80. The van der Waals surface area contributed by atoms with Crippen molar-refractivity contribution < 1.29 is 19.0 Å². The molecule has 0 fully saturated rings. The second-order valence-electron chi connectivity index (χ2n) is 5.04. The second kappa shape index (κ2) is 5.31. The molecule has 1 aromatic heterocycles. The van der Waals surface area contributed by atoms with Crippen molar-refractivity contribution in [2.75, 3.05) is 20.8 Å². The molecule has 1 aromatic carbocycles. The molecule has 0 N–H and O–H groups in total. The lowest BCUT2D eigenvalue weighted by Gasteiger charge is -2.27. The normalized spacial score (nSPS) is 16.3. The van der Waals surface area contributed by atoms with Crippen LogP contribution in [0.3, 0.4) is 0 Å². The van der Waals surface area contributed by atoms with Gasteiger partial charge in [0.05, 0.1) is 25.8 Å². The largest absolute Gasteiger partial charge is 0.495 e. The minimum absolute atomic E-state index is 0.000856. The van der Waals surface area contributed by atoms with Crippen molar-refractivity contribution in [3.63, 3.8) is 0 Å². The summed E-state index contributed by atoms with van der Waals surface area (Å²) in [4.78, 5) is 24.5. The summed E-state index contributed by atoms with van der Waals surface area (Å²) in [5.41, 5.74) is 0.261. The van der Waals surface area contributed by atoms with Gasteiger partial charge in [0.25, 0.3) is 5.56 Å². The summed E-state index contributed by atoms with van der Waals surface area (Å²) in [6, 6.07) is 3.08. The fourth-order valence-electron chi connectivity index (χ4n) is 2.66. The Morgan fingerprint density at radius 2 is 2.14 bits per heavy atom. The molecule has 2 aromatic rings. The fraction of sp³-hybridized carbons (Fsp3) is 0.333. The van der Waals surface area contributed by atoms with E-state index >= 15 is 0 Å². The van der Waals surface area contributed by atoms with E-state index in [1.165, 1.54) is 13.2 Å². The van der Waals surface area contributed by atoms with E-state index in [2.05, 4.69) is 15.9 Å². The van der Waals surface area contributed by atoms with Gasteiger partial charge in [0, 0.05) is 5.39 Å². The zero-order valence-corrected chi connectivity index (χ0v) is 13.9. The van der Waals surface area contributed by atoms with Crippen LogP contribution in [-0.4, -0.2) is 31.4 Å². The summed E-state index contributed by atoms with van der Waals surface area (Å²) < 4.78 is 18.0. The number of esters is 1. The van der Waals surface area contributed by atoms with E-state index in [1.54, 1.807) is 17.7 Å². The third-order valence-corrected chi connectivity index (χ3v) is 4.47. The van der Waals surface area contributed by atoms with E-state index in [0.29, 0.717) is 33.5 Å². The van der Waals surface area contributed by atoms with Crippen molar-refractivity contribution >= 4 is 32.8 Å². The van der Waals surface area contributed by atoms with Gasteiger partial charge in [-0.2, -0.15) is 0 Å². The van der Waals surface area contributed by atoms with Crippen LogP contribution < -0.4 is 15.0 Å². The zero-order valence-electron chi connectivity index (χ0n) is 12.3. The Kier molecular flexibility index (Phi) is 3.60. The van der Waals surface area contributed by atoms with E-state index in [9.17, 15) is 9.59 Å².